The number of anilines is 2. The zero-order valence-corrected chi connectivity index (χ0v) is 18.4. The molecule has 1 aromatic carbocycles. The Bertz CT molecular complexity index is 1110. The van der Waals surface area contributed by atoms with E-state index in [1.807, 2.05) is 12.1 Å². The van der Waals surface area contributed by atoms with E-state index < -0.39 is 0 Å². The fourth-order valence-corrected chi connectivity index (χ4v) is 3.68. The van der Waals surface area contributed by atoms with E-state index in [2.05, 4.69) is 37.3 Å². The molecule has 0 radical (unpaired) electrons. The predicted molar refractivity (Wildman–Crippen MR) is 122 cm³/mol. The summed E-state index contributed by atoms with van der Waals surface area (Å²) < 4.78 is 4.71. The van der Waals surface area contributed by atoms with Crippen molar-refractivity contribution in [2.24, 2.45) is 5.92 Å². The fourth-order valence-electron chi connectivity index (χ4n) is 3.68. The summed E-state index contributed by atoms with van der Waals surface area (Å²) in [4.78, 5) is 35.2. The molecule has 0 spiro atoms. The van der Waals surface area contributed by atoms with Crippen LogP contribution < -0.4 is 10.2 Å². The molecular weight excluding hydrogens is 408 g/mol. The third kappa shape index (κ3) is 5.22. The summed E-state index contributed by atoms with van der Waals surface area (Å²) in [7, 11) is 1.37. The number of nitrogens with zero attached hydrogens (tertiary/aromatic N) is 4. The second kappa shape index (κ2) is 9.76. The van der Waals surface area contributed by atoms with Gasteiger partial charge in [-0.3, -0.25) is 14.7 Å². The van der Waals surface area contributed by atoms with Crippen LogP contribution in [0.15, 0.2) is 30.6 Å². The fraction of sp³-hybridized carbons (Fsp3) is 0.435. The Kier molecular flexibility index (Phi) is 6.63. The normalized spacial score (nSPS) is 13.2. The summed E-state index contributed by atoms with van der Waals surface area (Å²) in [6.45, 7) is 4.01. The average molecular weight is 437 g/mol. The Labute approximate surface area is 186 Å². The van der Waals surface area contributed by atoms with Crippen molar-refractivity contribution in [1.82, 2.24) is 20.2 Å². The van der Waals surface area contributed by atoms with Gasteiger partial charge in [0.1, 0.15) is 17.8 Å². The van der Waals surface area contributed by atoms with E-state index in [-0.39, 0.29) is 18.3 Å². The monoisotopic (exact) mass is 436 g/mol. The highest BCUT2D eigenvalue weighted by molar-refractivity contribution is 6.04. The molecule has 0 atom stereocenters. The van der Waals surface area contributed by atoms with Gasteiger partial charge in [0.15, 0.2) is 0 Å². The molecule has 1 aliphatic carbocycles. The number of carbonyl (C=O) groups excluding carboxylic acids is 2. The maximum atomic E-state index is 12.9. The molecule has 0 bridgehead atoms. The van der Waals surface area contributed by atoms with Crippen LogP contribution in [-0.2, 0) is 16.0 Å². The lowest BCUT2D eigenvalue weighted by atomic mass is 10.1. The third-order valence-electron chi connectivity index (χ3n) is 5.58. The summed E-state index contributed by atoms with van der Waals surface area (Å²) in [5.41, 5.74) is 2.54. The second-order valence-corrected chi connectivity index (χ2v) is 8.12. The van der Waals surface area contributed by atoms with E-state index in [9.17, 15) is 9.59 Å². The van der Waals surface area contributed by atoms with Gasteiger partial charge in [-0.05, 0) is 43.4 Å². The molecule has 32 heavy (non-hydrogen) atoms. The van der Waals surface area contributed by atoms with Crippen molar-refractivity contribution in [3.05, 3.63) is 42.0 Å². The molecule has 9 nitrogen and oxygen atoms in total. The first-order chi connectivity index (χ1) is 15.6. The van der Waals surface area contributed by atoms with Gasteiger partial charge in [-0.2, -0.15) is 5.10 Å². The zero-order valence-electron chi connectivity index (χ0n) is 18.4. The first kappa shape index (κ1) is 21.7. The average Bonchev–Trinajstić information content (AvgIpc) is 3.55. The Balaban J connectivity index is 1.49. The van der Waals surface area contributed by atoms with Gasteiger partial charge in [0.25, 0.3) is 5.91 Å². The van der Waals surface area contributed by atoms with Crippen molar-refractivity contribution in [1.29, 1.82) is 0 Å². The number of benzene rings is 1. The minimum Gasteiger partial charge on any atom is -0.469 e. The van der Waals surface area contributed by atoms with Crippen molar-refractivity contribution in [3.8, 4) is 0 Å². The predicted octanol–water partition coefficient (Wildman–Crippen LogP) is 3.34. The topological polar surface area (TPSA) is 113 Å². The second-order valence-electron chi connectivity index (χ2n) is 8.12. The molecule has 1 fully saturated rings. The maximum Gasteiger partial charge on any atom is 0.305 e. The van der Waals surface area contributed by atoms with Gasteiger partial charge >= 0.3 is 5.97 Å². The van der Waals surface area contributed by atoms with Gasteiger partial charge in [0.2, 0.25) is 0 Å². The van der Waals surface area contributed by atoms with E-state index in [0.717, 1.165) is 47.8 Å². The first-order valence-electron chi connectivity index (χ1n) is 11.0. The van der Waals surface area contributed by atoms with Crippen LogP contribution in [-0.4, -0.2) is 52.2 Å². The minimum absolute atomic E-state index is 0.253. The number of fused-ring (bicyclic) bond motifs is 1. The molecule has 1 aliphatic rings. The lowest BCUT2D eigenvalue weighted by molar-refractivity contribution is -0.140. The molecule has 3 aromatic rings. The minimum atomic E-state index is -0.296. The van der Waals surface area contributed by atoms with Gasteiger partial charge in [0.05, 0.1) is 19.0 Å². The van der Waals surface area contributed by atoms with Gasteiger partial charge in [-0.15, -0.1) is 0 Å². The quantitative estimate of drug-likeness (QED) is 0.469. The molecule has 2 N–H and O–H groups in total. The van der Waals surface area contributed by atoms with Crippen LogP contribution in [0.4, 0.5) is 11.5 Å². The van der Waals surface area contributed by atoms with Crippen LogP contribution in [0.3, 0.4) is 0 Å². The standard InChI is InChI=1S/C23H28N6O3/c1-3-10-29(13-15-4-5-15)21-12-20(24-14-25-21)23(31)26-16-6-7-18-17(11-16)19(28-27-18)8-9-22(30)32-2/h6-7,11-12,14-15H,3-5,8-10,13H2,1-2H3,(H,26,31)(H,27,28). The molecule has 1 saturated carbocycles. The lowest BCUT2D eigenvalue weighted by Gasteiger charge is -2.23. The molecule has 4 rings (SSSR count). The number of hydrogen-bond acceptors (Lipinski definition) is 7. The summed E-state index contributed by atoms with van der Waals surface area (Å²) in [6, 6.07) is 7.23. The maximum absolute atomic E-state index is 12.9. The van der Waals surface area contributed by atoms with Crippen LogP contribution >= 0.6 is 0 Å². The highest BCUT2D eigenvalue weighted by Gasteiger charge is 2.25. The number of H-pyrrole nitrogens is 1. The molecule has 2 heterocycles. The highest BCUT2D eigenvalue weighted by Crippen LogP contribution is 2.31. The number of aryl methyl sites for hydroxylation is 1. The van der Waals surface area contributed by atoms with Gasteiger partial charge in [0, 0.05) is 42.3 Å². The van der Waals surface area contributed by atoms with Crippen LogP contribution in [0.5, 0.6) is 0 Å². The summed E-state index contributed by atoms with van der Waals surface area (Å²) in [6.07, 6.45) is 5.71. The number of carbonyl (C=O) groups is 2. The van der Waals surface area contributed by atoms with Crippen LogP contribution in [0.1, 0.15) is 48.8 Å². The lowest BCUT2D eigenvalue weighted by Crippen LogP contribution is -2.28. The molecular formula is C23H28N6O3. The SMILES string of the molecule is CCCN(CC1CC1)c1cc(C(=O)Nc2ccc3n[nH]c(CCC(=O)OC)c3c2)ncn1. The highest BCUT2D eigenvalue weighted by atomic mass is 16.5. The number of aromatic amines is 1. The van der Waals surface area contributed by atoms with E-state index in [1.165, 1.54) is 26.3 Å². The molecule has 1 amide bonds. The Morgan fingerprint density at radius 2 is 2.09 bits per heavy atom. The molecule has 9 heteroatoms. The van der Waals surface area contributed by atoms with Crippen LogP contribution in [0, 0.1) is 5.92 Å². The Hall–Kier alpha value is -3.49. The molecule has 2 aromatic heterocycles. The number of methoxy groups -OCH3 is 1. The number of hydrogen-bond donors (Lipinski definition) is 2. The smallest absolute Gasteiger partial charge is 0.305 e. The molecule has 168 valence electrons. The number of ether oxygens (including phenoxy) is 1. The van der Waals surface area contributed by atoms with Crippen LogP contribution in [0.25, 0.3) is 10.9 Å². The van der Waals surface area contributed by atoms with E-state index in [1.54, 1.807) is 12.1 Å². The Morgan fingerprint density at radius 3 is 2.84 bits per heavy atom. The number of rotatable bonds is 10. The van der Waals surface area contributed by atoms with Crippen molar-refractivity contribution < 1.29 is 14.3 Å². The van der Waals surface area contributed by atoms with E-state index in [0.29, 0.717) is 17.8 Å². The first-order valence-corrected chi connectivity index (χ1v) is 11.0. The van der Waals surface area contributed by atoms with Crippen molar-refractivity contribution in [3.63, 3.8) is 0 Å². The molecule has 0 unspecified atom stereocenters. The largest absolute Gasteiger partial charge is 0.469 e. The Morgan fingerprint density at radius 1 is 1.25 bits per heavy atom. The number of aromatic nitrogens is 4. The summed E-state index contributed by atoms with van der Waals surface area (Å²) in [5.74, 6) is 0.934. The van der Waals surface area contributed by atoms with Crippen molar-refractivity contribution in [2.45, 2.75) is 39.0 Å². The molecule has 0 aliphatic heterocycles. The van der Waals surface area contributed by atoms with Gasteiger partial charge < -0.3 is 15.0 Å². The number of amides is 1. The van der Waals surface area contributed by atoms with Crippen LogP contribution in [0.2, 0.25) is 0 Å². The number of esters is 1. The number of nitrogens with one attached hydrogen (secondary N) is 2. The van der Waals surface area contributed by atoms with Gasteiger partial charge in [-0.1, -0.05) is 6.92 Å². The van der Waals surface area contributed by atoms with E-state index >= 15 is 0 Å². The van der Waals surface area contributed by atoms with Gasteiger partial charge in [-0.25, -0.2) is 9.97 Å². The summed E-state index contributed by atoms with van der Waals surface area (Å²) >= 11 is 0. The molecule has 0 saturated heterocycles. The van der Waals surface area contributed by atoms with Crippen molar-refractivity contribution >= 4 is 34.3 Å². The summed E-state index contributed by atoms with van der Waals surface area (Å²) in [5, 5.41) is 11.0. The van der Waals surface area contributed by atoms with Crippen molar-refractivity contribution in [2.75, 3.05) is 30.4 Å². The third-order valence-corrected chi connectivity index (χ3v) is 5.58. The van der Waals surface area contributed by atoms with E-state index in [4.69, 9.17) is 4.74 Å². The zero-order chi connectivity index (χ0) is 22.5.